The van der Waals surface area contributed by atoms with Crippen LogP contribution in [0.15, 0.2) is 70.1 Å². The zero-order valence-electron chi connectivity index (χ0n) is 23.1. The third-order valence-electron chi connectivity index (χ3n) is 5.96. The molecule has 0 spiro atoms. The van der Waals surface area contributed by atoms with Crippen LogP contribution in [-0.4, -0.2) is 36.3 Å². The van der Waals surface area contributed by atoms with Gasteiger partial charge in [-0.25, -0.2) is 9.79 Å². The number of carbonyl (C=O) groups is 2. The van der Waals surface area contributed by atoms with E-state index in [0.717, 1.165) is 0 Å². The van der Waals surface area contributed by atoms with Gasteiger partial charge in [-0.15, -0.1) is 0 Å². The average molecular weight is 689 g/mol. The van der Waals surface area contributed by atoms with E-state index < -0.39 is 18.0 Å². The highest BCUT2D eigenvalue weighted by Gasteiger charge is 2.33. The minimum atomic E-state index is -0.744. The van der Waals surface area contributed by atoms with Crippen molar-refractivity contribution < 1.29 is 28.5 Å². The summed E-state index contributed by atoms with van der Waals surface area (Å²) in [4.78, 5) is 43.7. The maximum absolute atomic E-state index is 13.9. The zero-order valence-corrected chi connectivity index (χ0v) is 26.0. The molecule has 41 heavy (non-hydrogen) atoms. The van der Waals surface area contributed by atoms with E-state index in [1.165, 1.54) is 22.8 Å². The van der Waals surface area contributed by atoms with Gasteiger partial charge in [0.1, 0.15) is 12.4 Å². The Morgan fingerprint density at radius 3 is 2.51 bits per heavy atom. The van der Waals surface area contributed by atoms with E-state index in [-0.39, 0.29) is 12.2 Å². The molecule has 0 saturated heterocycles. The zero-order chi connectivity index (χ0) is 29.7. The number of halogens is 1. The van der Waals surface area contributed by atoms with Gasteiger partial charge in [-0.2, -0.15) is 0 Å². The molecular weight excluding hydrogens is 659 g/mol. The monoisotopic (exact) mass is 688 g/mol. The Bertz CT molecular complexity index is 1700. The highest BCUT2D eigenvalue weighted by atomic mass is 127. The maximum Gasteiger partial charge on any atom is 0.338 e. The Hall–Kier alpha value is -3.71. The number of aromatic nitrogens is 1. The summed E-state index contributed by atoms with van der Waals surface area (Å²) in [6.45, 7) is 11.2. The van der Waals surface area contributed by atoms with Crippen molar-refractivity contribution in [1.82, 2.24) is 4.57 Å². The molecule has 1 atom stereocenters. The van der Waals surface area contributed by atoms with Crippen LogP contribution in [0.3, 0.4) is 0 Å². The standard InChI is InChI=1S/C30H29IN2O7S/c1-6-13-39-21-11-9-20(10-12-21)26-25(29(36)38-8-3)17(4)32-30-33(26)28(35)24(41-30)16-19-14-22(31)27(40-18(5)34)23(15-19)37-7-2/h6,9-12,14-16,26H,1,7-8,13H2,2-5H3/b24-16-/t26-/m1/s1. The number of rotatable bonds is 10. The molecule has 4 rings (SSSR count). The number of thiazole rings is 1. The van der Waals surface area contributed by atoms with Crippen molar-refractivity contribution >= 4 is 51.9 Å². The van der Waals surface area contributed by atoms with E-state index in [1.807, 2.05) is 19.1 Å². The Labute approximate surface area is 254 Å². The second kappa shape index (κ2) is 13.3. The number of carbonyl (C=O) groups excluding carboxylic acids is 2. The molecule has 1 aliphatic heterocycles. The second-order valence-electron chi connectivity index (χ2n) is 8.83. The van der Waals surface area contributed by atoms with Gasteiger partial charge >= 0.3 is 11.9 Å². The lowest BCUT2D eigenvalue weighted by atomic mass is 9.96. The summed E-state index contributed by atoms with van der Waals surface area (Å²) in [5.41, 5.74) is 1.86. The number of nitrogens with zero attached hydrogens (tertiary/aromatic N) is 2. The smallest absolute Gasteiger partial charge is 0.338 e. The fourth-order valence-electron chi connectivity index (χ4n) is 4.34. The van der Waals surface area contributed by atoms with Crippen LogP contribution in [0.4, 0.5) is 0 Å². The lowest BCUT2D eigenvalue weighted by Crippen LogP contribution is -2.39. The van der Waals surface area contributed by atoms with Gasteiger partial charge in [0.05, 0.1) is 38.6 Å². The molecule has 11 heteroatoms. The van der Waals surface area contributed by atoms with Crippen LogP contribution < -0.4 is 29.1 Å². The summed E-state index contributed by atoms with van der Waals surface area (Å²) in [6, 6.07) is 9.99. The second-order valence-corrected chi connectivity index (χ2v) is 11.0. The van der Waals surface area contributed by atoms with E-state index in [4.69, 9.17) is 18.9 Å². The van der Waals surface area contributed by atoms with E-state index in [0.29, 0.717) is 65.8 Å². The van der Waals surface area contributed by atoms with Crippen LogP contribution in [0.1, 0.15) is 44.9 Å². The van der Waals surface area contributed by atoms with E-state index in [1.54, 1.807) is 50.3 Å². The Balaban J connectivity index is 1.88. The first-order chi connectivity index (χ1) is 19.7. The van der Waals surface area contributed by atoms with Gasteiger partial charge in [0.15, 0.2) is 16.3 Å². The number of allylic oxidation sites excluding steroid dienone is 1. The summed E-state index contributed by atoms with van der Waals surface area (Å²) in [5, 5.41) is 0. The molecule has 9 nitrogen and oxygen atoms in total. The molecule has 0 N–H and O–H groups in total. The van der Waals surface area contributed by atoms with Gasteiger partial charge in [0.2, 0.25) is 0 Å². The number of hydrogen-bond donors (Lipinski definition) is 0. The molecular formula is C30H29IN2O7S. The van der Waals surface area contributed by atoms with Crippen molar-refractivity contribution in [2.45, 2.75) is 33.7 Å². The number of ether oxygens (including phenoxy) is 4. The molecule has 0 bridgehead atoms. The van der Waals surface area contributed by atoms with Gasteiger partial charge in [0, 0.05) is 6.92 Å². The molecule has 0 fully saturated rings. The predicted octanol–water partition coefficient (Wildman–Crippen LogP) is 4.29. The van der Waals surface area contributed by atoms with Gasteiger partial charge in [0.25, 0.3) is 5.56 Å². The van der Waals surface area contributed by atoms with Crippen molar-refractivity contribution in [3.8, 4) is 17.2 Å². The molecule has 0 aliphatic carbocycles. The van der Waals surface area contributed by atoms with Gasteiger partial charge < -0.3 is 18.9 Å². The van der Waals surface area contributed by atoms with Crippen molar-refractivity contribution in [2.24, 2.45) is 4.99 Å². The van der Waals surface area contributed by atoms with E-state index in [2.05, 4.69) is 34.2 Å². The van der Waals surface area contributed by atoms with E-state index in [9.17, 15) is 14.4 Å². The topological polar surface area (TPSA) is 105 Å². The van der Waals surface area contributed by atoms with Crippen LogP contribution in [0.5, 0.6) is 17.2 Å². The Morgan fingerprint density at radius 1 is 1.15 bits per heavy atom. The fraction of sp³-hybridized carbons (Fsp3) is 0.267. The SMILES string of the molecule is C=CCOc1ccc([C@@H]2C(C(=O)OCC)=C(C)N=c3s/c(=C\c4cc(I)c(OC(C)=O)c(OCC)c4)c(=O)n32)cc1. The van der Waals surface area contributed by atoms with Crippen molar-refractivity contribution in [1.29, 1.82) is 0 Å². The lowest BCUT2D eigenvalue weighted by molar-refractivity contribution is -0.139. The fourth-order valence-corrected chi connectivity index (χ4v) is 6.12. The van der Waals surface area contributed by atoms with Gasteiger partial charge in [-0.1, -0.05) is 36.1 Å². The van der Waals surface area contributed by atoms with Crippen molar-refractivity contribution in [2.75, 3.05) is 19.8 Å². The minimum absolute atomic E-state index is 0.186. The third-order valence-corrected chi connectivity index (χ3v) is 7.74. The molecule has 1 aromatic heterocycles. The number of hydrogen-bond acceptors (Lipinski definition) is 9. The molecule has 3 aromatic rings. The summed E-state index contributed by atoms with van der Waals surface area (Å²) in [5.74, 6) is 0.367. The summed E-state index contributed by atoms with van der Waals surface area (Å²) >= 11 is 3.28. The first-order valence-electron chi connectivity index (χ1n) is 12.9. The molecule has 2 aromatic carbocycles. The van der Waals surface area contributed by atoms with Gasteiger partial charge in [-0.05, 0) is 84.8 Å². The average Bonchev–Trinajstić information content (AvgIpc) is 3.23. The van der Waals surface area contributed by atoms with Crippen LogP contribution in [0.2, 0.25) is 0 Å². The normalized spacial score (nSPS) is 14.7. The van der Waals surface area contributed by atoms with Crippen molar-refractivity contribution in [3.05, 3.63) is 94.7 Å². The van der Waals surface area contributed by atoms with Crippen LogP contribution in [0.25, 0.3) is 6.08 Å². The first kappa shape index (κ1) is 30.3. The summed E-state index contributed by atoms with van der Waals surface area (Å²) in [7, 11) is 0. The predicted molar refractivity (Wildman–Crippen MR) is 164 cm³/mol. The Kier molecular flexibility index (Phi) is 9.81. The van der Waals surface area contributed by atoms with Crippen LogP contribution >= 0.6 is 33.9 Å². The number of esters is 2. The number of benzene rings is 2. The molecule has 2 heterocycles. The summed E-state index contributed by atoms with van der Waals surface area (Å²) < 4.78 is 24.6. The molecule has 1 aliphatic rings. The quantitative estimate of drug-likeness (QED) is 0.136. The number of fused-ring (bicyclic) bond motifs is 1. The van der Waals surface area contributed by atoms with Crippen LogP contribution in [-0.2, 0) is 14.3 Å². The molecule has 0 radical (unpaired) electrons. The molecule has 0 saturated carbocycles. The third kappa shape index (κ3) is 6.62. The summed E-state index contributed by atoms with van der Waals surface area (Å²) in [6.07, 6.45) is 3.39. The minimum Gasteiger partial charge on any atom is -0.490 e. The molecule has 0 amide bonds. The Morgan fingerprint density at radius 2 is 1.88 bits per heavy atom. The van der Waals surface area contributed by atoms with Crippen molar-refractivity contribution in [3.63, 3.8) is 0 Å². The van der Waals surface area contributed by atoms with E-state index >= 15 is 0 Å². The highest BCUT2D eigenvalue weighted by molar-refractivity contribution is 14.1. The first-order valence-corrected chi connectivity index (χ1v) is 14.8. The van der Waals surface area contributed by atoms with Crippen LogP contribution in [0, 0.1) is 3.57 Å². The maximum atomic E-state index is 13.9. The molecule has 214 valence electrons. The van der Waals surface area contributed by atoms with Gasteiger partial charge in [-0.3, -0.25) is 14.2 Å². The largest absolute Gasteiger partial charge is 0.490 e. The molecule has 0 unspecified atom stereocenters. The highest BCUT2D eigenvalue weighted by Crippen LogP contribution is 2.35. The lowest BCUT2D eigenvalue weighted by Gasteiger charge is -2.24.